The molecule has 286 valence electrons. The first-order valence-electron chi connectivity index (χ1n) is 17.9. The van der Waals surface area contributed by atoms with Gasteiger partial charge in [-0.3, -0.25) is 0 Å². The molecule has 56 heavy (non-hydrogen) atoms. The van der Waals surface area contributed by atoms with Gasteiger partial charge in [0, 0.05) is 68.3 Å². The molecule has 0 unspecified atom stereocenters. The summed E-state index contributed by atoms with van der Waals surface area (Å²) in [6, 6.07) is 34.1. The van der Waals surface area contributed by atoms with Gasteiger partial charge in [-0.25, -0.2) is 29.6 Å². The van der Waals surface area contributed by atoms with Gasteiger partial charge < -0.3 is 35.0 Å². The van der Waals surface area contributed by atoms with Crippen molar-refractivity contribution in [1.82, 2.24) is 19.9 Å². The van der Waals surface area contributed by atoms with E-state index in [2.05, 4.69) is 69.5 Å². The lowest BCUT2D eigenvalue weighted by atomic mass is 10.1. The third kappa shape index (κ3) is 10.4. The molecule has 2 aromatic heterocycles. The van der Waals surface area contributed by atoms with E-state index in [1.54, 1.807) is 54.9 Å². The first kappa shape index (κ1) is 39.2. The molecular weight excluding hydrogens is 727 g/mol. The number of carboxylic acid groups (broad SMARTS) is 1. The molecule has 2 fully saturated rings. The summed E-state index contributed by atoms with van der Waals surface area (Å²) >= 11 is 0. The monoisotopic (exact) mass is 771 g/mol. The highest BCUT2D eigenvalue weighted by Gasteiger charge is 2.13. The zero-order valence-electron chi connectivity index (χ0n) is 30.5. The molecule has 2 aliphatic heterocycles. The molecule has 0 radical (unpaired) electrons. The van der Waals surface area contributed by atoms with Crippen LogP contribution in [0.1, 0.15) is 11.8 Å². The number of hydrogen-bond acceptors (Lipinski definition) is 11. The molecule has 2 saturated heterocycles. The molecule has 0 amide bonds. The molecule has 0 atom stereocenters. The van der Waals surface area contributed by atoms with Crippen LogP contribution in [0.3, 0.4) is 0 Å². The van der Waals surface area contributed by atoms with E-state index in [1.165, 1.54) is 11.4 Å². The largest absolute Gasteiger partial charge is 0.478 e. The van der Waals surface area contributed by atoms with Crippen LogP contribution in [0, 0.1) is 6.57 Å². The number of nitrogens with zero attached hydrogens (tertiary/aromatic N) is 7. The average molecular weight is 772 g/mol. The van der Waals surface area contributed by atoms with Gasteiger partial charge in [-0.05, 0) is 78.4 Å². The van der Waals surface area contributed by atoms with Gasteiger partial charge in [0.15, 0.2) is 5.69 Å². The van der Waals surface area contributed by atoms with Gasteiger partial charge in [-0.2, -0.15) is 13.5 Å². The summed E-state index contributed by atoms with van der Waals surface area (Å²) < 4.78 is 10.8. The fourth-order valence-electron chi connectivity index (χ4n) is 6.06. The molecule has 0 bridgehead atoms. The van der Waals surface area contributed by atoms with Gasteiger partial charge >= 0.3 is 5.97 Å². The number of hydrogen-bond donors (Lipinski definition) is 3. The molecule has 14 heteroatoms. The number of carbonyl (C=O) groups is 1. The summed E-state index contributed by atoms with van der Waals surface area (Å²) in [5.41, 5.74) is 8.38. The SMILES string of the molecule is O=C(O)c1ccc(-c2ccnc(Nc3ccc(N4CCOCC4)cc3)n2)cc1.S.[3HH].[C-]#[N+]c1ccc(-c2ccnc(Nc3ccc(N4CCOCC4)cc3)n2)cc1. The maximum Gasteiger partial charge on any atom is 0.335 e. The molecule has 0 spiro atoms. The van der Waals surface area contributed by atoms with Gasteiger partial charge in [0.2, 0.25) is 11.9 Å². The van der Waals surface area contributed by atoms with Crippen molar-refractivity contribution in [2.24, 2.45) is 0 Å². The van der Waals surface area contributed by atoms with Crippen molar-refractivity contribution in [3.8, 4) is 22.5 Å². The Labute approximate surface area is 333 Å². The lowest BCUT2D eigenvalue weighted by molar-refractivity contribution is 0.0697. The Hall–Kier alpha value is -6.53. The van der Waals surface area contributed by atoms with Crippen molar-refractivity contribution in [2.45, 2.75) is 0 Å². The normalized spacial score (nSPS) is 13.6. The predicted molar refractivity (Wildman–Crippen MR) is 226 cm³/mol. The second-order valence-corrected chi connectivity index (χ2v) is 12.6. The molecule has 0 saturated carbocycles. The van der Waals surface area contributed by atoms with Crippen LogP contribution in [0.15, 0.2) is 122 Å². The summed E-state index contributed by atoms with van der Waals surface area (Å²) in [5.74, 6) is 0.0805. The number of benzene rings is 4. The van der Waals surface area contributed by atoms with Gasteiger partial charge in [0.1, 0.15) is 0 Å². The van der Waals surface area contributed by atoms with E-state index in [-0.39, 0.29) is 20.5 Å². The van der Waals surface area contributed by atoms with Crippen LogP contribution in [-0.2, 0) is 9.47 Å². The minimum absolute atomic E-state index is 0. The second kappa shape index (κ2) is 19.2. The van der Waals surface area contributed by atoms with Crippen molar-refractivity contribution in [1.29, 1.82) is 0 Å². The van der Waals surface area contributed by atoms with Crippen LogP contribution in [0.25, 0.3) is 27.4 Å². The number of ether oxygens (including phenoxy) is 2. The number of anilines is 6. The van der Waals surface area contributed by atoms with Crippen LogP contribution in [0.5, 0.6) is 0 Å². The summed E-state index contributed by atoms with van der Waals surface area (Å²) in [5, 5.41) is 15.5. The minimum atomic E-state index is -0.947. The molecule has 0 aliphatic carbocycles. The summed E-state index contributed by atoms with van der Waals surface area (Å²) in [7, 11) is 0. The molecule has 6 aromatic rings. The zero-order valence-corrected chi connectivity index (χ0v) is 31.5. The molecule has 4 aromatic carbocycles. The maximum atomic E-state index is 11.0. The van der Waals surface area contributed by atoms with Crippen molar-refractivity contribution in [3.63, 3.8) is 0 Å². The molecule has 4 heterocycles. The Bertz CT molecular complexity index is 2230. The van der Waals surface area contributed by atoms with Crippen LogP contribution in [0.2, 0.25) is 0 Å². The molecule has 8 rings (SSSR count). The topological polar surface area (TPSA) is 142 Å². The average Bonchev–Trinajstić information content (AvgIpc) is 3.25. The van der Waals surface area contributed by atoms with Crippen molar-refractivity contribution in [3.05, 3.63) is 139 Å². The van der Waals surface area contributed by atoms with Crippen LogP contribution in [0.4, 0.5) is 40.3 Å². The Balaban J connectivity index is 0.000000210. The van der Waals surface area contributed by atoms with Crippen LogP contribution >= 0.6 is 13.5 Å². The van der Waals surface area contributed by atoms with E-state index in [1.807, 2.05) is 42.5 Å². The number of carboxylic acids is 1. The Kier molecular flexibility index (Phi) is 13.4. The van der Waals surface area contributed by atoms with Crippen molar-refractivity contribution < 1.29 is 20.8 Å². The zero-order chi connectivity index (χ0) is 37.8. The third-order valence-electron chi connectivity index (χ3n) is 9.03. The quantitative estimate of drug-likeness (QED) is 0.122. The van der Waals surface area contributed by atoms with E-state index in [4.69, 9.17) is 21.2 Å². The molecule has 2 aliphatic rings. The number of morpholine rings is 2. The maximum absolute atomic E-state index is 11.0. The standard InChI is InChI=1S/C21H19N5O.C21H20N4O3.H2S.H2/c1-22-17-4-2-16(3-5-17)20-10-11-23-21(25-20)24-18-6-8-19(9-7-18)26-12-14-27-15-13-26;26-20(27)16-3-1-15(2-4-16)19-9-10-22-21(24-19)23-17-5-7-18(8-6-17)25-11-13-28-14-12-25;;/h2-11H,12-15H2,(H,23,24,25);1-10H,11-14H2,(H,26,27)(H,22,23,24);1H2;1H/i;;;1+2. The van der Waals surface area contributed by atoms with E-state index in [0.29, 0.717) is 17.6 Å². The van der Waals surface area contributed by atoms with Gasteiger partial charge in [0.25, 0.3) is 0 Å². The second-order valence-electron chi connectivity index (χ2n) is 12.6. The van der Waals surface area contributed by atoms with Crippen molar-refractivity contribution in [2.75, 3.05) is 73.0 Å². The van der Waals surface area contributed by atoms with Crippen LogP contribution in [-0.4, -0.2) is 83.6 Å². The van der Waals surface area contributed by atoms with Crippen molar-refractivity contribution >= 4 is 59.8 Å². The summed E-state index contributed by atoms with van der Waals surface area (Å²) in [6.45, 7) is 13.7. The predicted octanol–water partition coefficient (Wildman–Crippen LogP) is 8.06. The number of aromatic nitrogens is 4. The Morgan fingerprint density at radius 3 is 1.43 bits per heavy atom. The highest BCUT2D eigenvalue weighted by Crippen LogP contribution is 2.25. The molecular formula is C42H43N9O4S. The first-order valence-corrected chi connectivity index (χ1v) is 17.9. The van der Waals surface area contributed by atoms with E-state index >= 15 is 0 Å². The van der Waals surface area contributed by atoms with Gasteiger partial charge in [-0.15, -0.1) is 0 Å². The smallest absolute Gasteiger partial charge is 0.335 e. The Morgan fingerprint density at radius 2 is 1.04 bits per heavy atom. The number of nitrogens with one attached hydrogen (secondary N) is 2. The number of rotatable bonds is 9. The lowest BCUT2D eigenvalue weighted by Crippen LogP contribution is -2.36. The first-order chi connectivity index (χ1) is 27.0. The van der Waals surface area contributed by atoms with Gasteiger partial charge in [-0.1, -0.05) is 36.4 Å². The third-order valence-corrected chi connectivity index (χ3v) is 9.03. The Morgan fingerprint density at radius 1 is 0.625 bits per heavy atom. The highest BCUT2D eigenvalue weighted by molar-refractivity contribution is 7.59. The number of aromatic carboxylic acids is 1. The van der Waals surface area contributed by atoms with E-state index in [0.717, 1.165) is 86.5 Å². The fraction of sp³-hybridized carbons (Fsp3) is 0.190. The van der Waals surface area contributed by atoms with Crippen LogP contribution < -0.4 is 20.4 Å². The van der Waals surface area contributed by atoms with E-state index < -0.39 is 5.97 Å². The molecule has 13 nitrogen and oxygen atoms in total. The highest BCUT2D eigenvalue weighted by atomic mass is 32.1. The molecule has 3 N–H and O–H groups in total. The fourth-order valence-corrected chi connectivity index (χ4v) is 6.06. The minimum Gasteiger partial charge on any atom is -0.478 e. The van der Waals surface area contributed by atoms with E-state index in [9.17, 15) is 4.79 Å². The lowest BCUT2D eigenvalue weighted by Gasteiger charge is -2.28. The summed E-state index contributed by atoms with van der Waals surface area (Å²) in [6.07, 6.45) is 3.41. The van der Waals surface area contributed by atoms with Gasteiger partial charge in [0.05, 0.1) is 50.0 Å². The summed E-state index contributed by atoms with van der Waals surface area (Å²) in [4.78, 5) is 36.7.